The van der Waals surface area contributed by atoms with Crippen molar-refractivity contribution in [2.45, 2.75) is 6.42 Å². The second-order valence-corrected chi connectivity index (χ2v) is 5.20. The molecule has 0 aromatic heterocycles. The molecule has 1 heterocycles. The number of benzene rings is 2. The van der Waals surface area contributed by atoms with E-state index in [1.165, 1.54) is 16.7 Å². The number of hydrogen-bond donors (Lipinski definition) is 1. The van der Waals surface area contributed by atoms with Crippen molar-refractivity contribution in [2.75, 3.05) is 20.8 Å². The van der Waals surface area contributed by atoms with Crippen LogP contribution in [-0.2, 0) is 6.42 Å². The predicted molar refractivity (Wildman–Crippen MR) is 88.7 cm³/mol. The van der Waals surface area contributed by atoms with Gasteiger partial charge in [-0.05, 0) is 29.3 Å². The van der Waals surface area contributed by atoms with E-state index in [0.29, 0.717) is 0 Å². The van der Waals surface area contributed by atoms with E-state index in [1.807, 2.05) is 24.3 Å². The van der Waals surface area contributed by atoms with Crippen LogP contribution >= 0.6 is 0 Å². The summed E-state index contributed by atoms with van der Waals surface area (Å²) in [4.78, 5) is 3.47. The Hall–Kier alpha value is -2.55. The normalized spacial score (nSPS) is 13.6. The smallest absolute Gasteiger partial charge is 0.206 e. The Kier molecular flexibility index (Phi) is 4.24. The van der Waals surface area contributed by atoms with Crippen LogP contribution in [0.2, 0.25) is 0 Å². The van der Waals surface area contributed by atoms with Crippen LogP contribution in [0.1, 0.15) is 16.7 Å². The number of allylic oxidation sites excluding steroid dienone is 1. The first-order valence-electron chi connectivity index (χ1n) is 7.41. The number of hydrogen-bond acceptors (Lipinski definition) is 2. The number of rotatable bonds is 4. The third-order valence-electron chi connectivity index (χ3n) is 3.85. The van der Waals surface area contributed by atoms with Gasteiger partial charge in [-0.2, -0.15) is 0 Å². The Morgan fingerprint density at radius 3 is 2.41 bits per heavy atom. The minimum Gasteiger partial charge on any atom is -0.493 e. The Bertz CT molecular complexity index is 718. The van der Waals surface area contributed by atoms with E-state index in [1.54, 1.807) is 14.2 Å². The van der Waals surface area contributed by atoms with Gasteiger partial charge in [0, 0.05) is 12.5 Å². The van der Waals surface area contributed by atoms with E-state index in [2.05, 4.69) is 35.3 Å². The number of methoxy groups -OCH3 is 2. The van der Waals surface area contributed by atoms with Crippen LogP contribution in [-0.4, -0.2) is 26.5 Å². The molecule has 0 unspecified atom stereocenters. The zero-order valence-corrected chi connectivity index (χ0v) is 12.9. The van der Waals surface area contributed by atoms with Crippen molar-refractivity contribution in [1.29, 1.82) is 0 Å². The topological polar surface area (TPSA) is 32.4 Å². The first-order chi connectivity index (χ1) is 10.8. The molecule has 1 N–H and O–H groups in total. The summed E-state index contributed by atoms with van der Waals surface area (Å²) in [6.07, 6.45) is 5.23. The van der Waals surface area contributed by atoms with Gasteiger partial charge in [-0.25, -0.2) is 4.99 Å². The Morgan fingerprint density at radius 2 is 1.68 bits per heavy atom. The first kappa shape index (κ1) is 14.4. The highest BCUT2D eigenvalue weighted by Crippen LogP contribution is 2.31. The summed E-state index contributed by atoms with van der Waals surface area (Å²) in [5.41, 5.74) is 4.76. The highest BCUT2D eigenvalue weighted by atomic mass is 16.5. The van der Waals surface area contributed by atoms with Crippen LogP contribution in [0.15, 0.2) is 48.5 Å². The molecule has 3 heteroatoms. The monoisotopic (exact) mass is 294 g/mol. The zero-order valence-electron chi connectivity index (χ0n) is 12.9. The minimum absolute atomic E-state index is 0.760. The highest BCUT2D eigenvalue weighted by molar-refractivity contribution is 6.08. The maximum Gasteiger partial charge on any atom is 0.206 e. The molecule has 22 heavy (non-hydrogen) atoms. The maximum atomic E-state index is 5.42. The number of nitrogens with one attached hydrogen (secondary N) is 1. The molecule has 0 radical (unpaired) electrons. The highest BCUT2D eigenvalue weighted by Gasteiger charge is 2.20. The summed E-state index contributed by atoms with van der Waals surface area (Å²) in [6.45, 7) is 0.928. The SMILES string of the molecule is COc1cc2c(cc1OC)C(/C=C/c1ccccc1)=[NH+]CC2. The van der Waals surface area contributed by atoms with Gasteiger partial charge >= 0.3 is 0 Å². The molecule has 0 saturated heterocycles. The van der Waals surface area contributed by atoms with Gasteiger partial charge in [-0.15, -0.1) is 0 Å². The van der Waals surface area contributed by atoms with Crippen molar-refractivity contribution in [1.82, 2.24) is 0 Å². The fraction of sp³-hybridized carbons (Fsp3) is 0.211. The molecule has 2 aromatic rings. The fourth-order valence-corrected chi connectivity index (χ4v) is 2.70. The van der Waals surface area contributed by atoms with Crippen LogP contribution in [0, 0.1) is 0 Å². The fourth-order valence-electron chi connectivity index (χ4n) is 2.70. The zero-order chi connectivity index (χ0) is 15.4. The van der Waals surface area contributed by atoms with Crippen LogP contribution in [0.3, 0.4) is 0 Å². The summed E-state index contributed by atoms with van der Waals surface area (Å²) in [5, 5.41) is 0. The van der Waals surface area contributed by atoms with Gasteiger partial charge < -0.3 is 9.47 Å². The molecular weight excluding hydrogens is 274 g/mol. The molecule has 0 aliphatic carbocycles. The molecule has 0 amide bonds. The lowest BCUT2D eigenvalue weighted by atomic mass is 9.96. The molecule has 1 aliphatic rings. The second kappa shape index (κ2) is 6.48. The minimum atomic E-state index is 0.760. The molecule has 2 aromatic carbocycles. The average Bonchev–Trinajstić information content (AvgIpc) is 2.59. The predicted octanol–water partition coefficient (Wildman–Crippen LogP) is 1.84. The van der Waals surface area contributed by atoms with Gasteiger partial charge in [0.15, 0.2) is 11.5 Å². The number of ether oxygens (including phenoxy) is 2. The molecule has 0 spiro atoms. The van der Waals surface area contributed by atoms with E-state index >= 15 is 0 Å². The Labute approximate surface area is 130 Å². The molecular formula is C19H20NO2+. The third-order valence-corrected chi connectivity index (χ3v) is 3.85. The molecule has 0 saturated carbocycles. The molecule has 0 bridgehead atoms. The molecule has 3 nitrogen and oxygen atoms in total. The molecule has 3 rings (SSSR count). The van der Waals surface area contributed by atoms with E-state index in [-0.39, 0.29) is 0 Å². The van der Waals surface area contributed by atoms with Crippen molar-refractivity contribution in [3.8, 4) is 11.5 Å². The third kappa shape index (κ3) is 2.89. The molecule has 0 atom stereocenters. The van der Waals surface area contributed by atoms with Crippen molar-refractivity contribution in [3.05, 3.63) is 65.2 Å². The quantitative estimate of drug-likeness (QED) is 0.933. The maximum absolute atomic E-state index is 5.42. The average molecular weight is 294 g/mol. The van der Waals surface area contributed by atoms with Gasteiger partial charge in [-0.3, -0.25) is 0 Å². The molecule has 1 aliphatic heterocycles. The van der Waals surface area contributed by atoms with E-state index in [9.17, 15) is 0 Å². The Morgan fingerprint density at radius 1 is 0.955 bits per heavy atom. The van der Waals surface area contributed by atoms with Crippen molar-refractivity contribution < 1.29 is 14.5 Å². The molecule has 0 fully saturated rings. The summed E-state index contributed by atoms with van der Waals surface area (Å²) >= 11 is 0. The van der Waals surface area contributed by atoms with Crippen LogP contribution in [0.25, 0.3) is 6.08 Å². The summed E-state index contributed by atoms with van der Waals surface area (Å²) < 4.78 is 10.8. The lowest BCUT2D eigenvalue weighted by Crippen LogP contribution is -2.75. The summed E-state index contributed by atoms with van der Waals surface area (Å²) in [6, 6.07) is 14.4. The van der Waals surface area contributed by atoms with Crippen LogP contribution < -0.4 is 14.5 Å². The van der Waals surface area contributed by atoms with Crippen LogP contribution in [0.4, 0.5) is 0 Å². The van der Waals surface area contributed by atoms with Gasteiger partial charge in [0.2, 0.25) is 5.71 Å². The lowest BCUT2D eigenvalue weighted by molar-refractivity contribution is -0.456. The first-order valence-corrected chi connectivity index (χ1v) is 7.41. The van der Waals surface area contributed by atoms with Gasteiger partial charge in [0.25, 0.3) is 0 Å². The standard InChI is InChI=1S/C19H19NO2/c1-21-18-12-15-10-11-20-17(16(15)13-19(18)22-2)9-8-14-6-4-3-5-7-14/h3-9,12-13H,10-11H2,1-2H3/p+1/b9-8+. The summed E-state index contributed by atoms with van der Waals surface area (Å²) in [5.74, 6) is 1.55. The number of fused-ring (bicyclic) bond motifs is 1. The van der Waals surface area contributed by atoms with Crippen LogP contribution in [0.5, 0.6) is 11.5 Å². The summed E-state index contributed by atoms with van der Waals surface area (Å²) in [7, 11) is 3.34. The van der Waals surface area contributed by atoms with E-state index < -0.39 is 0 Å². The Balaban J connectivity index is 1.96. The van der Waals surface area contributed by atoms with Crippen molar-refractivity contribution >= 4 is 11.8 Å². The van der Waals surface area contributed by atoms with Gasteiger partial charge in [0.1, 0.15) is 6.54 Å². The second-order valence-electron chi connectivity index (χ2n) is 5.20. The van der Waals surface area contributed by atoms with Gasteiger partial charge in [0.05, 0.1) is 19.8 Å². The molecule has 112 valence electrons. The van der Waals surface area contributed by atoms with Crippen molar-refractivity contribution in [3.63, 3.8) is 0 Å². The lowest BCUT2D eigenvalue weighted by Gasteiger charge is -2.15. The van der Waals surface area contributed by atoms with Crippen molar-refractivity contribution in [2.24, 2.45) is 0 Å². The van der Waals surface area contributed by atoms with E-state index in [0.717, 1.165) is 30.2 Å². The van der Waals surface area contributed by atoms with E-state index in [4.69, 9.17) is 9.47 Å². The largest absolute Gasteiger partial charge is 0.493 e. The van der Waals surface area contributed by atoms with Gasteiger partial charge in [-0.1, -0.05) is 30.3 Å².